The minimum atomic E-state index is -0.497. The minimum Gasteiger partial charge on any atom is -0.484 e. The number of halogens is 2. The average molecular weight is 300 g/mol. The highest BCUT2D eigenvalue weighted by Gasteiger charge is 2.28. The maximum absolute atomic E-state index is 13.0. The van der Waals surface area contributed by atoms with Gasteiger partial charge in [-0.2, -0.15) is 0 Å². The molecule has 2 rings (SSSR count). The van der Waals surface area contributed by atoms with Crippen LogP contribution in [0.2, 0.25) is 5.02 Å². The number of benzene rings is 1. The van der Waals surface area contributed by atoms with E-state index >= 15 is 0 Å². The minimum absolute atomic E-state index is 0.00495. The van der Waals surface area contributed by atoms with Gasteiger partial charge in [0.15, 0.2) is 6.61 Å². The summed E-state index contributed by atoms with van der Waals surface area (Å²) < 4.78 is 18.4. The van der Waals surface area contributed by atoms with E-state index in [1.807, 2.05) is 4.90 Å². The van der Waals surface area contributed by atoms with E-state index in [9.17, 15) is 9.18 Å². The summed E-state index contributed by atoms with van der Waals surface area (Å²) in [7, 11) is 0. The van der Waals surface area contributed by atoms with E-state index in [1.165, 1.54) is 18.2 Å². The number of hydrogen-bond acceptors (Lipinski definition) is 2. The quantitative estimate of drug-likeness (QED) is 0.852. The van der Waals surface area contributed by atoms with Crippen molar-refractivity contribution in [3.63, 3.8) is 0 Å². The van der Waals surface area contributed by atoms with Gasteiger partial charge in [0.05, 0.1) is 5.02 Å². The Balaban J connectivity index is 1.95. The van der Waals surface area contributed by atoms with Crippen LogP contribution in [0.1, 0.15) is 33.1 Å². The number of hydrogen-bond donors (Lipinski definition) is 0. The third-order valence-electron chi connectivity index (χ3n) is 3.73. The molecule has 2 atom stereocenters. The van der Waals surface area contributed by atoms with Crippen LogP contribution in [-0.2, 0) is 4.79 Å². The molecular weight excluding hydrogens is 281 g/mol. The van der Waals surface area contributed by atoms with Gasteiger partial charge in [0.1, 0.15) is 11.6 Å². The summed E-state index contributed by atoms with van der Waals surface area (Å²) >= 11 is 5.67. The number of rotatable bonds is 3. The molecule has 1 heterocycles. The van der Waals surface area contributed by atoms with E-state index in [0.29, 0.717) is 5.75 Å². The number of amides is 1. The first-order chi connectivity index (χ1) is 9.49. The number of ether oxygens (including phenoxy) is 1. The van der Waals surface area contributed by atoms with E-state index in [0.717, 1.165) is 19.3 Å². The lowest BCUT2D eigenvalue weighted by molar-refractivity contribution is -0.139. The normalized spacial score (nSPS) is 22.7. The summed E-state index contributed by atoms with van der Waals surface area (Å²) in [5, 5.41) is -0.00495. The van der Waals surface area contributed by atoms with Crippen LogP contribution >= 0.6 is 11.6 Å². The third kappa shape index (κ3) is 3.42. The molecule has 0 bridgehead atoms. The summed E-state index contributed by atoms with van der Waals surface area (Å²) in [6.07, 6.45) is 3.21. The second kappa shape index (κ2) is 6.44. The summed E-state index contributed by atoms with van der Waals surface area (Å²) in [5.41, 5.74) is 0. The first-order valence-electron chi connectivity index (χ1n) is 6.88. The van der Waals surface area contributed by atoms with Crippen molar-refractivity contribution in [3.8, 4) is 5.75 Å². The largest absolute Gasteiger partial charge is 0.484 e. The highest BCUT2D eigenvalue weighted by atomic mass is 35.5. The van der Waals surface area contributed by atoms with Crippen LogP contribution in [0, 0.1) is 5.82 Å². The van der Waals surface area contributed by atoms with Crippen LogP contribution in [0.5, 0.6) is 5.75 Å². The van der Waals surface area contributed by atoms with Crippen molar-refractivity contribution in [3.05, 3.63) is 29.0 Å². The van der Waals surface area contributed by atoms with Crippen molar-refractivity contribution in [2.75, 3.05) is 6.61 Å². The number of carbonyl (C=O) groups is 1. The molecular formula is C15H19ClFNO2. The zero-order chi connectivity index (χ0) is 14.7. The molecule has 0 aliphatic carbocycles. The van der Waals surface area contributed by atoms with Gasteiger partial charge in [-0.15, -0.1) is 0 Å². The Kier molecular flexibility index (Phi) is 4.86. The molecule has 5 heteroatoms. The maximum atomic E-state index is 13.0. The van der Waals surface area contributed by atoms with E-state index in [1.54, 1.807) is 0 Å². The number of carbonyl (C=O) groups excluding carboxylic acids is 1. The summed E-state index contributed by atoms with van der Waals surface area (Å²) in [6.45, 7) is 4.07. The van der Waals surface area contributed by atoms with Crippen molar-refractivity contribution in [2.24, 2.45) is 0 Å². The fraction of sp³-hybridized carbons (Fsp3) is 0.533. The molecule has 0 N–H and O–H groups in total. The molecule has 1 saturated heterocycles. The van der Waals surface area contributed by atoms with Crippen molar-refractivity contribution in [1.82, 2.24) is 4.90 Å². The van der Waals surface area contributed by atoms with Crippen LogP contribution in [0.15, 0.2) is 18.2 Å². The topological polar surface area (TPSA) is 29.5 Å². The third-order valence-corrected chi connectivity index (χ3v) is 4.02. The average Bonchev–Trinajstić information content (AvgIpc) is 2.40. The number of piperidine rings is 1. The fourth-order valence-electron chi connectivity index (χ4n) is 2.70. The highest BCUT2D eigenvalue weighted by molar-refractivity contribution is 6.30. The van der Waals surface area contributed by atoms with Crippen molar-refractivity contribution in [2.45, 2.75) is 45.2 Å². The lowest BCUT2D eigenvalue weighted by Gasteiger charge is -2.38. The first kappa shape index (κ1) is 15.1. The molecule has 3 nitrogen and oxygen atoms in total. The Morgan fingerprint density at radius 1 is 1.40 bits per heavy atom. The van der Waals surface area contributed by atoms with Gasteiger partial charge >= 0.3 is 0 Å². The van der Waals surface area contributed by atoms with Crippen LogP contribution < -0.4 is 4.74 Å². The highest BCUT2D eigenvalue weighted by Crippen LogP contribution is 2.24. The van der Waals surface area contributed by atoms with Gasteiger partial charge in [0.2, 0.25) is 0 Å². The monoisotopic (exact) mass is 299 g/mol. The summed E-state index contributed by atoms with van der Waals surface area (Å²) in [6, 6.07) is 4.57. The van der Waals surface area contributed by atoms with E-state index in [2.05, 4.69) is 13.8 Å². The van der Waals surface area contributed by atoms with Gasteiger partial charge in [-0.25, -0.2) is 4.39 Å². The van der Waals surface area contributed by atoms with Crippen LogP contribution in [0.3, 0.4) is 0 Å². The molecule has 0 saturated carbocycles. The molecule has 2 unspecified atom stereocenters. The fourth-order valence-corrected chi connectivity index (χ4v) is 2.87. The van der Waals surface area contributed by atoms with Crippen molar-refractivity contribution >= 4 is 17.5 Å². The molecule has 0 radical (unpaired) electrons. The molecule has 0 aromatic heterocycles. The van der Waals surface area contributed by atoms with Gasteiger partial charge < -0.3 is 9.64 Å². The molecule has 1 aliphatic rings. The molecule has 1 fully saturated rings. The predicted molar refractivity (Wildman–Crippen MR) is 76.5 cm³/mol. The zero-order valence-electron chi connectivity index (χ0n) is 11.7. The molecule has 1 aliphatic heterocycles. The van der Waals surface area contributed by atoms with Gasteiger partial charge in [-0.05, 0) is 45.2 Å². The Morgan fingerprint density at radius 3 is 2.65 bits per heavy atom. The Morgan fingerprint density at radius 2 is 2.05 bits per heavy atom. The van der Waals surface area contributed by atoms with Crippen LogP contribution in [-0.4, -0.2) is 29.5 Å². The lowest BCUT2D eigenvalue weighted by Crippen LogP contribution is -2.49. The molecule has 1 aromatic carbocycles. The van der Waals surface area contributed by atoms with Gasteiger partial charge in [0, 0.05) is 18.2 Å². The van der Waals surface area contributed by atoms with Crippen LogP contribution in [0.4, 0.5) is 4.39 Å². The standard InChI is InChI=1S/C15H19ClFNO2/c1-10-4-3-5-11(2)18(10)15(19)9-20-12-6-7-14(17)13(16)8-12/h6-8,10-11H,3-5,9H2,1-2H3. The van der Waals surface area contributed by atoms with E-state index in [-0.39, 0.29) is 29.6 Å². The Labute approximate surface area is 123 Å². The SMILES string of the molecule is CC1CCCC(C)N1C(=O)COc1ccc(F)c(Cl)c1. The van der Waals surface area contributed by atoms with Gasteiger partial charge in [0.25, 0.3) is 5.91 Å². The smallest absolute Gasteiger partial charge is 0.260 e. The predicted octanol–water partition coefficient (Wildman–Crippen LogP) is 3.65. The summed E-state index contributed by atoms with van der Waals surface area (Å²) in [5.74, 6) is -0.129. The Hall–Kier alpha value is -1.29. The molecule has 20 heavy (non-hydrogen) atoms. The molecule has 1 amide bonds. The first-order valence-corrected chi connectivity index (χ1v) is 7.26. The van der Waals surface area contributed by atoms with E-state index in [4.69, 9.17) is 16.3 Å². The Bertz CT molecular complexity index is 485. The van der Waals surface area contributed by atoms with Gasteiger partial charge in [-0.1, -0.05) is 11.6 Å². The molecule has 1 aromatic rings. The molecule has 110 valence electrons. The van der Waals surface area contributed by atoms with Crippen molar-refractivity contribution in [1.29, 1.82) is 0 Å². The van der Waals surface area contributed by atoms with E-state index < -0.39 is 5.82 Å². The second-order valence-electron chi connectivity index (χ2n) is 5.29. The lowest BCUT2D eigenvalue weighted by atomic mass is 9.97. The maximum Gasteiger partial charge on any atom is 0.260 e. The summed E-state index contributed by atoms with van der Waals surface area (Å²) in [4.78, 5) is 14.1. The number of likely N-dealkylation sites (tertiary alicyclic amines) is 1. The van der Waals surface area contributed by atoms with Crippen LogP contribution in [0.25, 0.3) is 0 Å². The number of nitrogens with zero attached hydrogens (tertiary/aromatic N) is 1. The van der Waals surface area contributed by atoms with Gasteiger partial charge in [-0.3, -0.25) is 4.79 Å². The molecule has 0 spiro atoms. The second-order valence-corrected chi connectivity index (χ2v) is 5.70. The van der Waals surface area contributed by atoms with Crippen molar-refractivity contribution < 1.29 is 13.9 Å². The zero-order valence-corrected chi connectivity index (χ0v) is 12.5.